The molecule has 0 aromatic heterocycles. The normalized spacial score (nSPS) is 42.0. The van der Waals surface area contributed by atoms with E-state index < -0.39 is 25.5 Å². The topological polar surface area (TPSA) is 152 Å². The van der Waals surface area contributed by atoms with Gasteiger partial charge in [0.05, 0.1) is 12.2 Å². The molecule has 1 unspecified atom stereocenters. The van der Waals surface area contributed by atoms with Crippen LogP contribution in [0.2, 0.25) is 0 Å². The number of hydrogen-bond acceptors (Lipinski definition) is 7. The number of esters is 1. The van der Waals surface area contributed by atoms with Crippen LogP contribution in [0, 0.1) is 40.4 Å². The second-order valence-corrected chi connectivity index (χ2v) is 15.5. The molecule has 11 heteroatoms. The van der Waals surface area contributed by atoms with Crippen LogP contribution in [0.25, 0.3) is 0 Å². The van der Waals surface area contributed by atoms with Gasteiger partial charge < -0.3 is 24.0 Å². The molecule has 234 valence electrons. The summed E-state index contributed by atoms with van der Waals surface area (Å²) >= 11 is 0. The molecule has 1 heterocycles. The Hall–Kier alpha value is -1.32. The summed E-state index contributed by atoms with van der Waals surface area (Å²) in [5, 5.41) is 1.82. The number of Topliss-reactive ketones (excluding diaryl/α,β-unsaturated/α-hetero) is 1. The fourth-order valence-electron chi connectivity index (χ4n) is 9.17. The lowest BCUT2D eigenvalue weighted by molar-refractivity contribution is -0.160. The van der Waals surface area contributed by atoms with Crippen LogP contribution in [0.4, 0.5) is 0 Å². The predicted molar refractivity (Wildman–Crippen MR) is 151 cm³/mol. The quantitative estimate of drug-likeness (QED) is 0.209. The van der Waals surface area contributed by atoms with Crippen molar-refractivity contribution in [1.82, 2.24) is 5.09 Å². The largest absolute Gasteiger partial charge is 0.462 e. The molecule has 10 nitrogen and oxygen atoms in total. The second kappa shape index (κ2) is 11.6. The van der Waals surface area contributed by atoms with Gasteiger partial charge in [-0.1, -0.05) is 13.8 Å². The number of ether oxygens (including phenoxy) is 3. The summed E-state index contributed by atoms with van der Waals surface area (Å²) in [4.78, 5) is 51.7. The molecule has 0 spiro atoms. The van der Waals surface area contributed by atoms with Crippen LogP contribution in [0.15, 0.2) is 0 Å². The van der Waals surface area contributed by atoms with E-state index in [1.807, 2.05) is 12.0 Å². The molecule has 1 saturated heterocycles. The van der Waals surface area contributed by atoms with Gasteiger partial charge in [0.2, 0.25) is 0 Å². The first-order chi connectivity index (χ1) is 18.9. The van der Waals surface area contributed by atoms with Gasteiger partial charge in [0.15, 0.2) is 0 Å². The summed E-state index contributed by atoms with van der Waals surface area (Å²) in [5.74, 6) is 1.90. The van der Waals surface area contributed by atoms with Crippen LogP contribution >= 0.6 is 7.75 Å². The second-order valence-electron chi connectivity index (χ2n) is 14.2. The summed E-state index contributed by atoms with van der Waals surface area (Å²) in [6.07, 6.45) is 10.7. The Labute approximate surface area is 244 Å². The van der Waals surface area contributed by atoms with E-state index >= 15 is 0 Å². The van der Waals surface area contributed by atoms with Crippen LogP contribution in [-0.4, -0.2) is 51.5 Å². The SMILES string of the molecule is CC(=O)[C@H]1CC[C@H]2[C@@H]3CC[C@H]4C[C@H](O[C@@]5(C)OC5=O)CC[C@]4(C)[C@H]3CC[C@]12C.CC(C)OC(=O)C(C)NP(=O)(O)O. The third kappa shape index (κ3) is 6.77. The maximum Gasteiger partial charge on any atom is 0.401 e. The van der Waals surface area contributed by atoms with Crippen LogP contribution in [-0.2, 0) is 33.2 Å². The highest BCUT2D eigenvalue weighted by Gasteiger charge is 2.62. The molecule has 1 aliphatic heterocycles. The molecule has 5 aliphatic rings. The minimum Gasteiger partial charge on any atom is -0.462 e. The molecule has 0 bridgehead atoms. The third-order valence-electron chi connectivity index (χ3n) is 11.2. The summed E-state index contributed by atoms with van der Waals surface area (Å²) in [5.41, 5.74) is 0.641. The Morgan fingerprint density at radius 1 is 0.976 bits per heavy atom. The lowest BCUT2D eigenvalue weighted by Gasteiger charge is -2.61. The van der Waals surface area contributed by atoms with E-state index in [1.54, 1.807) is 20.8 Å². The fraction of sp³-hybridized carbons (Fsp3) is 0.900. The minimum atomic E-state index is -4.37. The van der Waals surface area contributed by atoms with Crippen LogP contribution in [0.1, 0.15) is 106 Å². The summed E-state index contributed by atoms with van der Waals surface area (Å²) in [7, 11) is -4.37. The highest BCUT2D eigenvalue weighted by atomic mass is 31.2. The third-order valence-corrected chi connectivity index (χ3v) is 11.9. The summed E-state index contributed by atoms with van der Waals surface area (Å²) in [6, 6.07) is -1.01. The highest BCUT2D eigenvalue weighted by molar-refractivity contribution is 7.49. The van der Waals surface area contributed by atoms with E-state index in [0.717, 1.165) is 37.0 Å². The lowest BCUT2D eigenvalue weighted by Crippen LogP contribution is -2.54. The van der Waals surface area contributed by atoms with Gasteiger partial charge in [-0.15, -0.1) is 0 Å². The number of fused-ring (bicyclic) bond motifs is 5. The van der Waals surface area contributed by atoms with Gasteiger partial charge in [-0.2, -0.15) is 0 Å². The minimum absolute atomic E-state index is 0.161. The van der Waals surface area contributed by atoms with Crippen molar-refractivity contribution in [3.05, 3.63) is 0 Å². The number of carbonyl (C=O) groups excluding carboxylic acids is 3. The van der Waals surface area contributed by atoms with Crippen LogP contribution in [0.3, 0.4) is 0 Å². The molecule has 0 aromatic carbocycles. The maximum absolute atomic E-state index is 12.3. The monoisotopic (exact) mass is 599 g/mol. The molecule has 5 rings (SSSR count). The van der Waals surface area contributed by atoms with E-state index in [-0.39, 0.29) is 23.6 Å². The molecular formula is C30H50NO9P. The van der Waals surface area contributed by atoms with Gasteiger partial charge in [-0.25, -0.2) is 14.4 Å². The molecule has 0 aromatic rings. The zero-order chi connectivity index (χ0) is 30.5. The van der Waals surface area contributed by atoms with Crippen molar-refractivity contribution in [2.75, 3.05) is 0 Å². The Kier molecular flexibility index (Phi) is 9.25. The number of rotatable bonds is 7. The lowest BCUT2D eigenvalue weighted by atomic mass is 9.44. The number of ketones is 1. The van der Waals surface area contributed by atoms with E-state index in [2.05, 4.69) is 13.8 Å². The molecule has 0 amide bonds. The maximum atomic E-state index is 12.3. The van der Waals surface area contributed by atoms with Crippen molar-refractivity contribution in [1.29, 1.82) is 0 Å². The van der Waals surface area contributed by atoms with E-state index in [0.29, 0.717) is 23.0 Å². The van der Waals surface area contributed by atoms with Crippen molar-refractivity contribution in [3.8, 4) is 0 Å². The van der Waals surface area contributed by atoms with Crippen molar-refractivity contribution < 1.29 is 42.9 Å². The van der Waals surface area contributed by atoms with Crippen molar-refractivity contribution >= 4 is 25.5 Å². The zero-order valence-corrected chi connectivity index (χ0v) is 26.6. The van der Waals surface area contributed by atoms with Gasteiger partial charge in [0.1, 0.15) is 11.8 Å². The Balaban J connectivity index is 0.000000254. The number of carbonyl (C=O) groups is 3. The zero-order valence-electron chi connectivity index (χ0n) is 25.7. The first kappa shape index (κ1) is 32.6. The molecule has 4 aliphatic carbocycles. The molecular weight excluding hydrogens is 549 g/mol. The molecule has 3 N–H and O–H groups in total. The highest BCUT2D eigenvalue weighted by Crippen LogP contribution is 2.67. The average molecular weight is 600 g/mol. The Morgan fingerprint density at radius 2 is 1.59 bits per heavy atom. The average Bonchev–Trinajstić information content (AvgIpc) is 3.25. The Bertz CT molecular complexity index is 1080. The Morgan fingerprint density at radius 3 is 2.15 bits per heavy atom. The van der Waals surface area contributed by atoms with Gasteiger partial charge in [0.25, 0.3) is 0 Å². The van der Waals surface area contributed by atoms with Crippen LogP contribution in [0.5, 0.6) is 0 Å². The van der Waals surface area contributed by atoms with Gasteiger partial charge in [-0.3, -0.25) is 9.59 Å². The summed E-state index contributed by atoms with van der Waals surface area (Å²) in [6.45, 7) is 13.2. The van der Waals surface area contributed by atoms with Crippen molar-refractivity contribution in [2.24, 2.45) is 40.4 Å². The first-order valence-corrected chi connectivity index (χ1v) is 17.0. The van der Waals surface area contributed by atoms with Crippen LogP contribution < -0.4 is 5.09 Å². The van der Waals surface area contributed by atoms with E-state index in [1.165, 1.54) is 45.4 Å². The van der Waals surface area contributed by atoms with E-state index in [9.17, 15) is 18.9 Å². The van der Waals surface area contributed by atoms with Gasteiger partial charge >= 0.3 is 25.5 Å². The number of cyclic esters (lactones) is 1. The van der Waals surface area contributed by atoms with Crippen molar-refractivity contribution in [2.45, 2.75) is 130 Å². The number of epoxide rings is 1. The van der Waals surface area contributed by atoms with E-state index in [4.69, 9.17) is 24.0 Å². The van der Waals surface area contributed by atoms with Crippen molar-refractivity contribution in [3.63, 3.8) is 0 Å². The molecule has 41 heavy (non-hydrogen) atoms. The fourth-order valence-corrected chi connectivity index (χ4v) is 9.78. The number of hydrogen-bond donors (Lipinski definition) is 3. The summed E-state index contributed by atoms with van der Waals surface area (Å²) < 4.78 is 26.2. The molecule has 10 atom stereocenters. The first-order valence-electron chi connectivity index (χ1n) is 15.3. The molecule has 0 radical (unpaired) electrons. The smallest absolute Gasteiger partial charge is 0.401 e. The van der Waals surface area contributed by atoms with Gasteiger partial charge in [-0.05, 0) is 120 Å². The van der Waals surface area contributed by atoms with Gasteiger partial charge in [0, 0.05) is 12.8 Å². The standard InChI is InChI=1S/C24H36O4.C6H14NO5P/c1-14(25)18-7-8-19-17-6-5-15-13-16(27-24(4)21(26)28-24)9-11-22(15,2)20(17)10-12-23(18,19)3;1-4(2)12-6(8)5(3)7-13(9,10)11/h15-20H,5-13H2,1-4H3;4-5H,1-3H3,(H3,7,9,10,11)/t15-,16+,17-,18+,19-,20-,22-,23+,24-;/m0./s1. The predicted octanol–water partition coefficient (Wildman–Crippen LogP) is 4.90. The molecule has 4 saturated carbocycles. The molecule has 5 fully saturated rings. The number of nitrogens with one attached hydrogen (secondary N) is 1.